The van der Waals surface area contributed by atoms with E-state index in [9.17, 15) is 9.59 Å². The molecular formula is C28H32ClN3O3. The molecule has 2 aromatic carbocycles. The fourth-order valence-corrected chi connectivity index (χ4v) is 5.61. The smallest absolute Gasteiger partial charge is 0.271 e. The number of aromatic nitrogens is 1. The van der Waals surface area contributed by atoms with Crippen molar-refractivity contribution in [3.8, 4) is 5.75 Å². The van der Waals surface area contributed by atoms with Crippen LogP contribution >= 0.6 is 11.6 Å². The summed E-state index contributed by atoms with van der Waals surface area (Å²) in [6.07, 6.45) is 6.12. The second-order valence-electron chi connectivity index (χ2n) is 9.96. The van der Waals surface area contributed by atoms with Crippen LogP contribution in [-0.4, -0.2) is 46.5 Å². The standard InChI is InChI=1S/C28H32ClN3O3/c1-28(27(34)30-22-6-4-3-5-7-22)18-31-24-17-23(35-2)13-10-20(24)16-25(31)26(33)32(28)15-14-19-8-11-21(29)12-9-19/h8-13,16-17,22H,3-7,14-15,18H2,1-2H3,(H,30,34). The Morgan fingerprint density at radius 1 is 1.11 bits per heavy atom. The number of benzene rings is 2. The first-order valence-electron chi connectivity index (χ1n) is 12.4. The van der Waals surface area contributed by atoms with Gasteiger partial charge in [0.25, 0.3) is 5.91 Å². The van der Waals surface area contributed by atoms with Crippen molar-refractivity contribution >= 4 is 34.3 Å². The zero-order valence-corrected chi connectivity index (χ0v) is 21.1. The van der Waals surface area contributed by atoms with Crippen LogP contribution in [-0.2, 0) is 17.8 Å². The molecule has 184 valence electrons. The molecule has 1 fully saturated rings. The fraction of sp³-hybridized carbons (Fsp3) is 0.429. The van der Waals surface area contributed by atoms with Crippen LogP contribution in [0, 0.1) is 0 Å². The van der Waals surface area contributed by atoms with Gasteiger partial charge in [0, 0.05) is 29.1 Å². The molecule has 1 aliphatic carbocycles. The maximum atomic E-state index is 13.9. The van der Waals surface area contributed by atoms with Crippen LogP contribution in [0.2, 0.25) is 5.02 Å². The van der Waals surface area contributed by atoms with Crippen molar-refractivity contribution in [2.45, 2.75) is 63.6 Å². The molecule has 1 saturated carbocycles. The van der Waals surface area contributed by atoms with Gasteiger partial charge in [0.15, 0.2) is 0 Å². The minimum absolute atomic E-state index is 0.0794. The maximum Gasteiger partial charge on any atom is 0.271 e. The second kappa shape index (κ2) is 9.57. The highest BCUT2D eigenvalue weighted by atomic mass is 35.5. The summed E-state index contributed by atoms with van der Waals surface area (Å²) >= 11 is 6.05. The monoisotopic (exact) mass is 493 g/mol. The predicted octanol–water partition coefficient (Wildman–Crippen LogP) is 5.21. The van der Waals surface area contributed by atoms with Gasteiger partial charge in [0.1, 0.15) is 17.0 Å². The van der Waals surface area contributed by atoms with Gasteiger partial charge in [0.2, 0.25) is 5.91 Å². The van der Waals surface area contributed by atoms with Gasteiger partial charge in [-0.05, 0) is 62.1 Å². The van der Waals surface area contributed by atoms with Gasteiger partial charge in [-0.15, -0.1) is 0 Å². The molecule has 3 aromatic rings. The fourth-order valence-electron chi connectivity index (χ4n) is 5.49. The number of ether oxygens (including phenoxy) is 1. The summed E-state index contributed by atoms with van der Waals surface area (Å²) in [5, 5.41) is 4.93. The molecular weight excluding hydrogens is 462 g/mol. The molecule has 1 atom stereocenters. The third-order valence-electron chi connectivity index (χ3n) is 7.60. The quantitative estimate of drug-likeness (QED) is 0.512. The summed E-state index contributed by atoms with van der Waals surface area (Å²) in [6.45, 7) is 2.74. The SMILES string of the molecule is COc1ccc2cc3n(c2c1)CC(C)(C(=O)NC1CCCCC1)N(CCc1ccc(Cl)cc1)C3=O. The molecule has 0 bridgehead atoms. The molecule has 2 amide bonds. The van der Waals surface area contributed by atoms with Crippen LogP contribution in [0.5, 0.6) is 5.75 Å². The first-order chi connectivity index (χ1) is 16.9. The van der Waals surface area contributed by atoms with Crippen molar-refractivity contribution in [3.63, 3.8) is 0 Å². The first kappa shape index (κ1) is 23.7. The Kier molecular flexibility index (Phi) is 6.49. The van der Waals surface area contributed by atoms with E-state index in [2.05, 4.69) is 5.32 Å². The van der Waals surface area contributed by atoms with E-state index in [1.807, 2.05) is 60.0 Å². The van der Waals surface area contributed by atoms with Gasteiger partial charge >= 0.3 is 0 Å². The molecule has 2 aliphatic rings. The van der Waals surface area contributed by atoms with Crippen molar-refractivity contribution < 1.29 is 14.3 Å². The van der Waals surface area contributed by atoms with Crippen molar-refractivity contribution in [2.24, 2.45) is 0 Å². The molecule has 6 nitrogen and oxygen atoms in total. The number of rotatable bonds is 6. The largest absolute Gasteiger partial charge is 0.497 e. The van der Waals surface area contributed by atoms with Crippen molar-refractivity contribution in [2.75, 3.05) is 13.7 Å². The topological polar surface area (TPSA) is 63.6 Å². The van der Waals surface area contributed by atoms with Gasteiger partial charge in [0.05, 0.1) is 19.2 Å². The van der Waals surface area contributed by atoms with Crippen LogP contribution in [0.15, 0.2) is 48.5 Å². The van der Waals surface area contributed by atoms with E-state index < -0.39 is 5.54 Å². The molecule has 2 heterocycles. The number of hydrogen-bond acceptors (Lipinski definition) is 3. The number of nitrogens with zero attached hydrogens (tertiary/aromatic N) is 2. The van der Waals surface area contributed by atoms with Gasteiger partial charge in [-0.3, -0.25) is 9.59 Å². The Balaban J connectivity index is 1.50. The lowest BCUT2D eigenvalue weighted by Gasteiger charge is -2.45. The van der Waals surface area contributed by atoms with Gasteiger partial charge < -0.3 is 19.5 Å². The summed E-state index contributed by atoms with van der Waals surface area (Å²) in [5.41, 5.74) is 1.57. The van der Waals surface area contributed by atoms with Gasteiger partial charge in [-0.2, -0.15) is 0 Å². The summed E-state index contributed by atoms with van der Waals surface area (Å²) in [6, 6.07) is 15.5. The van der Waals surface area contributed by atoms with Crippen LogP contribution in [0.25, 0.3) is 10.9 Å². The number of nitrogens with one attached hydrogen (secondary N) is 1. The number of amides is 2. The average Bonchev–Trinajstić information content (AvgIpc) is 3.23. The van der Waals surface area contributed by atoms with Crippen LogP contribution in [0.4, 0.5) is 0 Å². The molecule has 1 N–H and O–H groups in total. The number of carbonyl (C=O) groups excluding carboxylic acids is 2. The minimum Gasteiger partial charge on any atom is -0.497 e. The summed E-state index contributed by atoms with van der Waals surface area (Å²) in [5.74, 6) is 0.523. The minimum atomic E-state index is -1.01. The Hall–Kier alpha value is -2.99. The molecule has 1 unspecified atom stereocenters. The predicted molar refractivity (Wildman–Crippen MR) is 138 cm³/mol. The third-order valence-corrected chi connectivity index (χ3v) is 7.86. The van der Waals surface area contributed by atoms with E-state index in [1.54, 1.807) is 12.0 Å². The highest BCUT2D eigenvalue weighted by molar-refractivity contribution is 6.30. The highest BCUT2D eigenvalue weighted by Crippen LogP contribution is 2.34. The van der Waals surface area contributed by atoms with Crippen LogP contribution in [0.1, 0.15) is 55.1 Å². The molecule has 7 heteroatoms. The zero-order chi connectivity index (χ0) is 24.6. The lowest BCUT2D eigenvalue weighted by molar-refractivity contribution is -0.133. The molecule has 35 heavy (non-hydrogen) atoms. The van der Waals surface area contributed by atoms with Crippen molar-refractivity contribution in [1.82, 2.24) is 14.8 Å². The van der Waals surface area contributed by atoms with Crippen LogP contribution in [0.3, 0.4) is 0 Å². The van der Waals surface area contributed by atoms with E-state index in [4.69, 9.17) is 16.3 Å². The Morgan fingerprint density at radius 3 is 2.57 bits per heavy atom. The normalized spacial score (nSPS) is 20.7. The number of carbonyl (C=O) groups is 2. The average molecular weight is 494 g/mol. The van der Waals surface area contributed by atoms with E-state index in [1.165, 1.54) is 6.42 Å². The molecule has 0 radical (unpaired) electrons. The Labute approximate surface area is 211 Å². The zero-order valence-electron chi connectivity index (χ0n) is 20.4. The number of fused-ring (bicyclic) bond motifs is 3. The maximum absolute atomic E-state index is 13.9. The Morgan fingerprint density at radius 2 is 1.86 bits per heavy atom. The number of hydrogen-bond donors (Lipinski definition) is 1. The van der Waals surface area contributed by atoms with E-state index >= 15 is 0 Å². The van der Waals surface area contributed by atoms with Crippen molar-refractivity contribution in [3.05, 3.63) is 64.8 Å². The summed E-state index contributed by atoms with van der Waals surface area (Å²) in [4.78, 5) is 29.5. The lowest BCUT2D eigenvalue weighted by Crippen LogP contribution is -2.65. The summed E-state index contributed by atoms with van der Waals surface area (Å²) < 4.78 is 7.41. The molecule has 0 spiro atoms. The van der Waals surface area contributed by atoms with Crippen molar-refractivity contribution in [1.29, 1.82) is 0 Å². The Bertz CT molecular complexity index is 1250. The number of halogens is 1. The van der Waals surface area contributed by atoms with Crippen LogP contribution < -0.4 is 10.1 Å². The van der Waals surface area contributed by atoms with E-state index in [0.717, 1.165) is 47.9 Å². The van der Waals surface area contributed by atoms with E-state index in [0.29, 0.717) is 30.2 Å². The number of methoxy groups -OCH3 is 1. The van der Waals surface area contributed by atoms with E-state index in [-0.39, 0.29) is 17.9 Å². The summed E-state index contributed by atoms with van der Waals surface area (Å²) in [7, 11) is 1.63. The molecule has 0 saturated heterocycles. The highest BCUT2D eigenvalue weighted by Gasteiger charge is 2.48. The lowest BCUT2D eigenvalue weighted by atomic mass is 9.91. The third kappa shape index (κ3) is 4.52. The molecule has 1 aliphatic heterocycles. The van der Waals surface area contributed by atoms with Gasteiger partial charge in [-0.25, -0.2) is 0 Å². The molecule has 1 aromatic heterocycles. The first-order valence-corrected chi connectivity index (χ1v) is 12.8. The van der Waals surface area contributed by atoms with Gasteiger partial charge in [-0.1, -0.05) is 43.0 Å². The second-order valence-corrected chi connectivity index (χ2v) is 10.4. The molecule has 5 rings (SSSR count).